The molecular weight excluding hydrogens is 1650 g/mol. The Labute approximate surface area is 743 Å². The van der Waals surface area contributed by atoms with Gasteiger partial charge in [-0.05, 0) is 247 Å². The van der Waals surface area contributed by atoms with Crippen molar-refractivity contribution in [1.82, 2.24) is 19.6 Å². The molecule has 7 aromatic carbocycles. The van der Waals surface area contributed by atoms with Gasteiger partial charge in [-0.25, -0.2) is 14.4 Å². The van der Waals surface area contributed by atoms with Gasteiger partial charge in [-0.15, -0.1) is 0 Å². The number of carbonyl (C=O) groups excluding carboxylic acids is 10. The van der Waals surface area contributed by atoms with E-state index in [0.717, 1.165) is 85.9 Å². The number of alkyl halides is 1. The first kappa shape index (κ1) is 112. The predicted octanol–water partition coefficient (Wildman–Crippen LogP) is 19.1. The summed E-state index contributed by atoms with van der Waals surface area (Å²) in [5.41, 5.74) is 16.6. The highest BCUT2D eigenvalue weighted by molar-refractivity contribution is 9.08. The van der Waals surface area contributed by atoms with Crippen LogP contribution in [-0.2, 0) is 32.4 Å². The fraction of sp³-hybridized carbons (Fsp3) is 0.454. The largest absolute Gasteiger partial charge is 0.508 e. The summed E-state index contributed by atoms with van der Waals surface area (Å²) in [5.74, 6) is 1.15. The third kappa shape index (κ3) is 27.9. The number of ether oxygens (including phenoxy) is 9. The second-order valence-electron chi connectivity index (χ2n) is 27.1. The molecular formula is C97H134BrN5O21. The molecule has 1 unspecified atom stereocenters. The number of cyclic esters (lactones) is 1. The van der Waals surface area contributed by atoms with Gasteiger partial charge >= 0.3 is 17.9 Å². The molecule has 26 nitrogen and oxygen atoms in total. The molecule has 0 saturated heterocycles. The Kier molecular flexibility index (Phi) is 51.4. The summed E-state index contributed by atoms with van der Waals surface area (Å²) in [4.78, 5) is 125. The molecule has 124 heavy (non-hydrogen) atoms. The van der Waals surface area contributed by atoms with Crippen LogP contribution in [-0.4, -0.2) is 199 Å². The number of aryl methyl sites for hydroxylation is 6. The van der Waals surface area contributed by atoms with Gasteiger partial charge in [0.25, 0.3) is 23.6 Å². The first-order valence-corrected chi connectivity index (χ1v) is 42.6. The molecule has 1 aliphatic heterocycles. The Morgan fingerprint density at radius 1 is 0.411 bits per heavy atom. The lowest BCUT2D eigenvalue weighted by Gasteiger charge is -2.23. The first-order chi connectivity index (χ1) is 59.0. The van der Waals surface area contributed by atoms with Gasteiger partial charge in [0.15, 0.2) is 18.9 Å². The quantitative estimate of drug-likeness (QED) is 0.0220. The lowest BCUT2D eigenvalue weighted by atomic mass is 9.95. The fourth-order valence-corrected chi connectivity index (χ4v) is 14.0. The van der Waals surface area contributed by atoms with Crippen LogP contribution < -0.4 is 28.4 Å². The highest BCUT2D eigenvalue weighted by Crippen LogP contribution is 2.41. The molecule has 0 spiro atoms. The molecule has 8 rings (SSSR count). The monoisotopic (exact) mass is 1780 g/mol. The van der Waals surface area contributed by atoms with Crippen LogP contribution in [0, 0.1) is 80.6 Å². The maximum absolute atomic E-state index is 12.6. The lowest BCUT2D eigenvalue weighted by Crippen LogP contribution is -2.32. The molecule has 4 amide bonds. The van der Waals surface area contributed by atoms with Crippen LogP contribution in [0.2, 0.25) is 0 Å². The minimum absolute atomic E-state index is 0.0370. The Hall–Kier alpha value is -11.8. The standard InChI is InChI=1S/C16H23NO3.C15H20BrNO3.C15H21NO3.C14H21NO2.C13H13NO3.C11H14O3.C9H10O4.2C2H6/c1-6-13-11(4)9-12(10-18)14(15(13)20-5)16(19)17(7-2)8-3;1-5-17(6-2)15(19)13-11(9-18)7-10(3)12(8-16)14(13)20-4;1-6-16(7-2)15(18)13-12(9-17)8-10(3)11(4)14(13)19-5;1-6-15(7-2)14(16)12-9-8-10(3)11(4)13(12)17-5;1-4-8-7(2)5-9-10(6-14)17-13(15)11(9)12(8)16-3;1-7-5-6-9(11(12)14-4)10(13-3)8(7)2;1-5-7(10)4-3-6(8(5)11)9(12)13-2;2*1-2/h9-10H,6-8H2,1-5H3;7,9H,5-6,8H2,1-4H3;8-9H,6-7H2,1-5H3;8-9H,6-7H2,1-5H3;5,10H,4H2,1-3H3;5-6H,1-4H3;3-4,10-11H,1-2H3;2*1-2H3. The molecule has 0 radical (unpaired) electrons. The Morgan fingerprint density at radius 2 is 0.726 bits per heavy atom. The second kappa shape index (κ2) is 56.8. The van der Waals surface area contributed by atoms with Crippen LogP contribution >= 0.6 is 15.9 Å². The number of benzene rings is 7. The van der Waals surface area contributed by atoms with Crippen molar-refractivity contribution in [3.63, 3.8) is 0 Å². The van der Waals surface area contributed by atoms with E-state index in [9.17, 15) is 53.1 Å². The number of nitrogens with zero attached hydrogens (tertiary/aromatic N) is 5. The van der Waals surface area contributed by atoms with Crippen molar-refractivity contribution >= 4 is 76.3 Å². The molecule has 0 aliphatic carbocycles. The third-order valence-corrected chi connectivity index (χ3v) is 21.2. The number of phenolic OH excluding ortho intramolecular Hbond substituents is 2. The molecule has 0 bridgehead atoms. The smallest absolute Gasteiger partial charge is 0.344 e. The van der Waals surface area contributed by atoms with Crippen LogP contribution in [0.15, 0.2) is 60.7 Å². The molecule has 680 valence electrons. The van der Waals surface area contributed by atoms with E-state index in [-0.39, 0.29) is 52.2 Å². The molecule has 1 heterocycles. The minimum atomic E-state index is -0.809. The molecule has 0 fully saturated rings. The van der Waals surface area contributed by atoms with E-state index < -0.39 is 18.0 Å². The van der Waals surface area contributed by atoms with Gasteiger partial charge in [-0.1, -0.05) is 69.6 Å². The van der Waals surface area contributed by atoms with Gasteiger partial charge in [0, 0.05) is 91.1 Å². The van der Waals surface area contributed by atoms with E-state index >= 15 is 0 Å². The Bertz CT molecular complexity index is 4720. The van der Waals surface area contributed by atoms with Gasteiger partial charge < -0.3 is 72.4 Å². The van der Waals surface area contributed by atoms with Crippen LogP contribution in [0.4, 0.5) is 0 Å². The van der Waals surface area contributed by atoms with Crippen molar-refractivity contribution < 1.29 is 101 Å². The van der Waals surface area contributed by atoms with Crippen molar-refractivity contribution in [3.8, 4) is 52.1 Å². The topological polar surface area (TPSA) is 331 Å². The molecule has 7 aromatic rings. The second-order valence-corrected chi connectivity index (χ2v) is 27.7. The number of nitriles is 1. The average molecular weight is 1790 g/mol. The maximum atomic E-state index is 12.6. The number of esters is 3. The number of phenols is 2. The zero-order valence-electron chi connectivity index (χ0n) is 79.1. The number of rotatable bonds is 26. The number of aldehydes is 3. The van der Waals surface area contributed by atoms with E-state index in [1.165, 1.54) is 54.6 Å². The number of methoxy groups -OCH3 is 8. The number of halogens is 1. The fourth-order valence-electron chi connectivity index (χ4n) is 13.3. The zero-order valence-corrected chi connectivity index (χ0v) is 80.7. The lowest BCUT2D eigenvalue weighted by molar-refractivity contribution is 0.0473. The Balaban J connectivity index is 0.00000142. The minimum Gasteiger partial charge on any atom is -0.508 e. The van der Waals surface area contributed by atoms with Crippen LogP contribution in [0.25, 0.3) is 0 Å². The van der Waals surface area contributed by atoms with Crippen molar-refractivity contribution in [1.29, 1.82) is 5.26 Å². The van der Waals surface area contributed by atoms with Crippen LogP contribution in [0.3, 0.4) is 0 Å². The maximum Gasteiger partial charge on any atom is 0.344 e. The van der Waals surface area contributed by atoms with E-state index in [1.807, 2.05) is 190 Å². The molecule has 1 aliphatic rings. The van der Waals surface area contributed by atoms with Crippen molar-refractivity contribution in [2.24, 2.45) is 0 Å². The van der Waals surface area contributed by atoms with Crippen LogP contribution in [0.5, 0.6) is 46.0 Å². The van der Waals surface area contributed by atoms with Gasteiger partial charge in [0.1, 0.15) is 68.8 Å². The number of hydrogen-bond acceptors (Lipinski definition) is 22. The van der Waals surface area contributed by atoms with Gasteiger partial charge in [-0.3, -0.25) is 33.6 Å². The van der Waals surface area contributed by atoms with Gasteiger partial charge in [0.2, 0.25) is 6.10 Å². The third-order valence-electron chi connectivity index (χ3n) is 20.6. The summed E-state index contributed by atoms with van der Waals surface area (Å²) >= 11 is 3.41. The molecule has 0 aromatic heterocycles. The van der Waals surface area contributed by atoms with E-state index in [2.05, 4.69) is 25.4 Å². The van der Waals surface area contributed by atoms with E-state index in [4.69, 9.17) is 43.5 Å². The summed E-state index contributed by atoms with van der Waals surface area (Å²) in [6.07, 6.45) is 2.87. The van der Waals surface area contributed by atoms with Gasteiger partial charge in [0.05, 0.1) is 79.1 Å². The molecule has 1 atom stereocenters. The van der Waals surface area contributed by atoms with Crippen molar-refractivity contribution in [3.05, 3.63) is 194 Å². The summed E-state index contributed by atoms with van der Waals surface area (Å²) in [6, 6.07) is 19.1. The van der Waals surface area contributed by atoms with Gasteiger partial charge in [-0.2, -0.15) is 5.26 Å². The molecule has 2 N–H and O–H groups in total. The predicted molar refractivity (Wildman–Crippen MR) is 491 cm³/mol. The van der Waals surface area contributed by atoms with Crippen molar-refractivity contribution in [2.75, 3.05) is 109 Å². The first-order valence-electron chi connectivity index (χ1n) is 41.5. The number of carbonyl (C=O) groups is 10. The zero-order chi connectivity index (χ0) is 95.4. The summed E-state index contributed by atoms with van der Waals surface area (Å²) in [5, 5.41) is 28.1. The number of hydrogen-bond donors (Lipinski definition) is 2. The summed E-state index contributed by atoms with van der Waals surface area (Å²) in [6.45, 7) is 51.4. The molecule has 27 heteroatoms. The van der Waals surface area contributed by atoms with E-state index in [0.29, 0.717) is 160 Å². The van der Waals surface area contributed by atoms with Crippen molar-refractivity contribution in [2.45, 2.75) is 190 Å². The normalized spacial score (nSPS) is 10.8. The average Bonchev–Trinajstić information content (AvgIpc) is 1.60. The molecule has 0 saturated carbocycles. The SMILES string of the molecule is CC.CC.CCN(CC)C(=O)c1c(C=O)cc(C)c(C)c1OC.CCN(CC)C(=O)c1c(C=O)cc(C)c(CBr)c1OC.CCN(CC)C(=O)c1ccc(C)c(C)c1OC.CCc1c(C)cc(C=O)c(C(=O)N(CC)CC)c1OC.CCc1c(C)cc2c(c1OC)C(=O)OC2C#N.COC(=O)c1ccc(C)c(C)c1OC.COC(=O)c1ccc(O)c(C)c1O. The van der Waals surface area contributed by atoms with E-state index in [1.54, 1.807) is 65.2 Å². The summed E-state index contributed by atoms with van der Waals surface area (Å²) < 4.78 is 46.2. The number of fused-ring (bicyclic) bond motifs is 1. The van der Waals surface area contributed by atoms with Crippen LogP contribution in [0.1, 0.15) is 285 Å². The summed E-state index contributed by atoms with van der Waals surface area (Å²) in [7, 11) is 11.9. The Morgan fingerprint density at radius 3 is 1.08 bits per heavy atom. The number of aromatic hydroxyl groups is 2. The highest BCUT2D eigenvalue weighted by Gasteiger charge is 2.37. The number of amides is 4. The highest BCUT2D eigenvalue weighted by atomic mass is 79.9.